The maximum atomic E-state index is 12.9. The van der Waals surface area contributed by atoms with Crippen LogP contribution in [0.2, 0.25) is 0 Å². The van der Waals surface area contributed by atoms with E-state index in [1.54, 1.807) is 0 Å². The maximum Gasteiger partial charge on any atom is 0.416 e. The van der Waals surface area contributed by atoms with E-state index in [-0.39, 0.29) is 5.69 Å². The number of alkyl halides is 3. The number of carbonyl (C=O) groups is 1. The summed E-state index contributed by atoms with van der Waals surface area (Å²) in [7, 11) is 1.85. The number of benzene rings is 1. The predicted molar refractivity (Wildman–Crippen MR) is 114 cm³/mol. The van der Waals surface area contributed by atoms with Gasteiger partial charge in [0, 0.05) is 25.2 Å². The third-order valence-electron chi connectivity index (χ3n) is 5.73. The van der Waals surface area contributed by atoms with Gasteiger partial charge in [-0.15, -0.1) is 0 Å². The molecule has 1 aromatic heterocycles. The van der Waals surface area contributed by atoms with Gasteiger partial charge in [-0.3, -0.25) is 4.79 Å². The summed E-state index contributed by atoms with van der Waals surface area (Å²) in [6, 6.07) is 6.59. The topological polar surface area (TPSA) is 75.3 Å². The minimum absolute atomic E-state index is 0.0291. The minimum Gasteiger partial charge on any atom is -0.364 e. The van der Waals surface area contributed by atoms with Gasteiger partial charge in [-0.1, -0.05) is 12.1 Å². The van der Waals surface area contributed by atoms with Crippen molar-refractivity contribution in [1.82, 2.24) is 14.9 Å². The molecule has 0 unspecified atom stereocenters. The van der Waals surface area contributed by atoms with Gasteiger partial charge in [-0.05, 0) is 63.9 Å². The molecule has 1 fully saturated rings. The molecule has 0 atom stereocenters. The Morgan fingerprint density at radius 2 is 1.81 bits per heavy atom. The van der Waals surface area contributed by atoms with Gasteiger partial charge in [0.15, 0.2) is 0 Å². The normalized spacial score (nSPS) is 16.0. The summed E-state index contributed by atoms with van der Waals surface area (Å²) in [4.78, 5) is 24.9. The number of piperidine rings is 1. The Morgan fingerprint density at radius 1 is 1.19 bits per heavy atom. The fraction of sp³-hybridized carbons (Fsp3) is 0.500. The maximum absolute atomic E-state index is 12.9. The monoisotopic (exact) mass is 435 g/mol. The molecule has 0 aliphatic carbocycles. The Hall–Kier alpha value is -2.68. The molecule has 1 aliphatic heterocycles. The highest BCUT2D eigenvalue weighted by Crippen LogP contribution is 2.31. The molecule has 1 aliphatic rings. The summed E-state index contributed by atoms with van der Waals surface area (Å²) in [5, 5.41) is 0. The first-order chi connectivity index (χ1) is 14.5. The van der Waals surface area contributed by atoms with E-state index >= 15 is 0 Å². The molecule has 168 valence electrons. The molecular weight excluding hydrogens is 407 g/mol. The molecule has 3 rings (SSSR count). The molecule has 0 radical (unpaired) electrons. The average molecular weight is 435 g/mol. The van der Waals surface area contributed by atoms with Crippen molar-refractivity contribution < 1.29 is 18.0 Å². The summed E-state index contributed by atoms with van der Waals surface area (Å²) in [6.07, 6.45) is -2.30. The van der Waals surface area contributed by atoms with E-state index in [4.69, 9.17) is 5.73 Å². The van der Waals surface area contributed by atoms with Crippen LogP contribution in [-0.4, -0.2) is 53.5 Å². The second-order valence-electron chi connectivity index (χ2n) is 8.33. The predicted octanol–water partition coefficient (Wildman–Crippen LogP) is 3.82. The van der Waals surface area contributed by atoms with Gasteiger partial charge in [-0.2, -0.15) is 13.2 Å². The SMILES string of the molecule is CC(C)N1CCC(CN(C)c2nc(C(N)=O)cc(-c3ccc(C(F)(F)F)cc3)n2)CC1. The Balaban J connectivity index is 1.81. The average Bonchev–Trinajstić information content (AvgIpc) is 2.73. The smallest absolute Gasteiger partial charge is 0.364 e. The molecule has 2 aromatic rings. The number of halogens is 3. The Bertz CT molecular complexity index is 906. The number of nitrogens with two attached hydrogens (primary N) is 1. The summed E-state index contributed by atoms with van der Waals surface area (Å²) < 4.78 is 38.6. The molecule has 1 aromatic carbocycles. The highest BCUT2D eigenvalue weighted by molar-refractivity contribution is 5.92. The summed E-state index contributed by atoms with van der Waals surface area (Å²) in [6.45, 7) is 7.18. The zero-order chi connectivity index (χ0) is 22.8. The van der Waals surface area contributed by atoms with Crippen LogP contribution in [0.1, 0.15) is 42.7 Å². The summed E-state index contributed by atoms with van der Waals surface area (Å²) >= 11 is 0. The second-order valence-corrected chi connectivity index (χ2v) is 8.33. The van der Waals surface area contributed by atoms with Crippen molar-refractivity contribution in [2.45, 2.75) is 38.9 Å². The number of likely N-dealkylation sites (tertiary alicyclic amines) is 1. The number of nitrogens with zero attached hydrogens (tertiary/aromatic N) is 4. The summed E-state index contributed by atoms with van der Waals surface area (Å²) in [5.41, 5.74) is 5.53. The zero-order valence-electron chi connectivity index (χ0n) is 18.0. The third-order valence-corrected chi connectivity index (χ3v) is 5.73. The lowest BCUT2D eigenvalue weighted by atomic mass is 9.95. The fourth-order valence-corrected chi connectivity index (χ4v) is 3.83. The molecule has 2 N–H and O–H groups in total. The molecule has 0 saturated carbocycles. The largest absolute Gasteiger partial charge is 0.416 e. The van der Waals surface area contributed by atoms with Gasteiger partial charge in [0.05, 0.1) is 11.3 Å². The van der Waals surface area contributed by atoms with Crippen LogP contribution in [0.3, 0.4) is 0 Å². The van der Waals surface area contributed by atoms with Gasteiger partial charge in [0.2, 0.25) is 5.95 Å². The number of rotatable bonds is 6. The van der Waals surface area contributed by atoms with Crippen molar-refractivity contribution in [3.63, 3.8) is 0 Å². The van der Waals surface area contributed by atoms with Crippen LogP contribution in [0.5, 0.6) is 0 Å². The number of carbonyl (C=O) groups excluding carboxylic acids is 1. The van der Waals surface area contributed by atoms with Crippen molar-refractivity contribution in [3.05, 3.63) is 41.6 Å². The first-order valence-corrected chi connectivity index (χ1v) is 10.4. The van der Waals surface area contributed by atoms with E-state index in [1.165, 1.54) is 18.2 Å². The molecule has 0 spiro atoms. The Morgan fingerprint density at radius 3 is 2.32 bits per heavy atom. The van der Waals surface area contributed by atoms with Gasteiger partial charge in [-0.25, -0.2) is 9.97 Å². The van der Waals surface area contributed by atoms with Crippen molar-refractivity contribution in [2.24, 2.45) is 11.7 Å². The van der Waals surface area contributed by atoms with Crippen LogP contribution in [0, 0.1) is 5.92 Å². The van der Waals surface area contributed by atoms with Crippen molar-refractivity contribution in [1.29, 1.82) is 0 Å². The second kappa shape index (κ2) is 9.21. The molecule has 1 amide bonds. The standard InChI is InChI=1S/C22H28F3N5O/c1-14(2)30-10-8-15(9-11-30)13-29(3)21-27-18(12-19(28-21)20(26)31)16-4-6-17(7-5-16)22(23,24)25/h4-7,12,14-15H,8-11,13H2,1-3H3,(H2,26,31). The van der Waals surface area contributed by atoms with Crippen molar-refractivity contribution >= 4 is 11.9 Å². The zero-order valence-corrected chi connectivity index (χ0v) is 18.0. The first kappa shape index (κ1) is 23.0. The number of aromatic nitrogens is 2. The Labute approximate surface area is 180 Å². The molecule has 9 heteroatoms. The van der Waals surface area contributed by atoms with E-state index in [9.17, 15) is 18.0 Å². The lowest BCUT2D eigenvalue weighted by molar-refractivity contribution is -0.137. The van der Waals surface area contributed by atoms with Crippen molar-refractivity contribution in [3.8, 4) is 11.3 Å². The van der Waals surface area contributed by atoms with Gasteiger partial charge in [0.1, 0.15) is 5.69 Å². The van der Waals surface area contributed by atoms with E-state index in [1.807, 2.05) is 11.9 Å². The molecule has 6 nitrogen and oxygen atoms in total. The van der Waals surface area contributed by atoms with Gasteiger partial charge >= 0.3 is 6.18 Å². The van der Waals surface area contributed by atoms with Crippen LogP contribution in [-0.2, 0) is 6.18 Å². The highest BCUT2D eigenvalue weighted by Gasteiger charge is 2.30. The highest BCUT2D eigenvalue weighted by atomic mass is 19.4. The number of amides is 1. The minimum atomic E-state index is -4.42. The molecule has 31 heavy (non-hydrogen) atoms. The fourth-order valence-electron chi connectivity index (χ4n) is 3.83. The first-order valence-electron chi connectivity index (χ1n) is 10.4. The van der Waals surface area contributed by atoms with E-state index in [0.717, 1.165) is 44.6 Å². The van der Waals surface area contributed by atoms with E-state index < -0.39 is 17.6 Å². The van der Waals surface area contributed by atoms with E-state index in [0.29, 0.717) is 29.2 Å². The number of hydrogen-bond donors (Lipinski definition) is 1. The lowest BCUT2D eigenvalue weighted by Crippen LogP contribution is -2.41. The van der Waals surface area contributed by atoms with Crippen LogP contribution in [0.4, 0.5) is 19.1 Å². The molecule has 2 heterocycles. The number of hydrogen-bond acceptors (Lipinski definition) is 5. The van der Waals surface area contributed by atoms with Gasteiger partial charge in [0.25, 0.3) is 5.91 Å². The van der Waals surface area contributed by atoms with Crippen LogP contribution < -0.4 is 10.6 Å². The molecule has 0 bridgehead atoms. The van der Waals surface area contributed by atoms with Gasteiger partial charge < -0.3 is 15.5 Å². The van der Waals surface area contributed by atoms with E-state index in [2.05, 4.69) is 28.7 Å². The van der Waals surface area contributed by atoms with Crippen LogP contribution in [0.25, 0.3) is 11.3 Å². The summed E-state index contributed by atoms with van der Waals surface area (Å²) in [5.74, 6) is 0.0864. The third kappa shape index (κ3) is 5.72. The molecular formula is C22H28F3N5O. The van der Waals surface area contributed by atoms with Crippen LogP contribution in [0.15, 0.2) is 30.3 Å². The quantitative estimate of drug-likeness (QED) is 0.747. The lowest BCUT2D eigenvalue weighted by Gasteiger charge is -2.36. The Kier molecular flexibility index (Phi) is 6.83. The molecule has 1 saturated heterocycles. The van der Waals surface area contributed by atoms with Crippen LogP contribution >= 0.6 is 0 Å². The number of primary amides is 1. The van der Waals surface area contributed by atoms with Crippen molar-refractivity contribution in [2.75, 3.05) is 31.6 Å². The number of anilines is 1.